The third-order valence-corrected chi connectivity index (χ3v) is 5.98. The molecule has 4 nitrogen and oxygen atoms in total. The monoisotopic (exact) mass is 315 g/mol. The van der Waals surface area contributed by atoms with Gasteiger partial charge in [0, 0.05) is 42.6 Å². The molecule has 1 aliphatic heterocycles. The summed E-state index contributed by atoms with van der Waals surface area (Å²) in [6, 6.07) is 0. The summed E-state index contributed by atoms with van der Waals surface area (Å²) in [6.07, 6.45) is 1.24. The summed E-state index contributed by atoms with van der Waals surface area (Å²) in [4.78, 5) is 8.58. The van der Waals surface area contributed by atoms with Crippen LogP contribution in [0.15, 0.2) is 0 Å². The fourth-order valence-corrected chi connectivity index (χ4v) is 4.52. The molecule has 1 fully saturated rings. The summed E-state index contributed by atoms with van der Waals surface area (Å²) < 4.78 is 5.29. The largest absolute Gasteiger partial charge is 0.378 e. The zero-order valence-corrected chi connectivity index (χ0v) is 14.3. The van der Waals surface area contributed by atoms with Crippen LogP contribution in [-0.2, 0) is 17.9 Å². The van der Waals surface area contributed by atoms with Crippen molar-refractivity contribution in [1.82, 2.24) is 10.3 Å². The predicted molar refractivity (Wildman–Crippen MR) is 89.0 cm³/mol. The first kappa shape index (κ1) is 16.1. The zero-order chi connectivity index (χ0) is 14.4. The Morgan fingerprint density at radius 1 is 1.45 bits per heavy atom. The van der Waals surface area contributed by atoms with E-state index < -0.39 is 0 Å². The molecule has 0 amide bonds. The lowest BCUT2D eigenvalue weighted by Crippen LogP contribution is -2.37. The van der Waals surface area contributed by atoms with E-state index in [-0.39, 0.29) is 0 Å². The maximum Gasteiger partial charge on any atom is 0.185 e. The van der Waals surface area contributed by atoms with Crippen molar-refractivity contribution in [2.24, 2.45) is 0 Å². The Bertz CT molecular complexity index is 411. The number of thioether (sulfide) groups is 1. The number of aromatic nitrogens is 1. The first-order valence-corrected chi connectivity index (χ1v) is 9.19. The van der Waals surface area contributed by atoms with Gasteiger partial charge in [-0.3, -0.25) is 0 Å². The SMILES string of the molecule is CCNCc1sc(N2CCSC(CC)C2)nc1COC. The standard InChI is InChI=1S/C14H25N3OS2/c1-4-11-9-17(6-7-19-11)14-16-12(10-18-3)13(20-14)8-15-5-2/h11,15H,4-10H2,1-3H3. The van der Waals surface area contributed by atoms with Gasteiger partial charge < -0.3 is 15.0 Å². The summed E-state index contributed by atoms with van der Waals surface area (Å²) in [5.41, 5.74) is 1.10. The van der Waals surface area contributed by atoms with Gasteiger partial charge in [0.25, 0.3) is 0 Å². The molecule has 1 aromatic heterocycles. The van der Waals surface area contributed by atoms with Crippen LogP contribution in [-0.4, -0.2) is 42.7 Å². The molecular formula is C14H25N3OS2. The summed E-state index contributed by atoms with van der Waals surface area (Å²) >= 11 is 3.92. The highest BCUT2D eigenvalue weighted by atomic mass is 32.2. The second-order valence-electron chi connectivity index (χ2n) is 4.93. The second kappa shape index (κ2) is 8.22. The Kier molecular flexibility index (Phi) is 6.61. The Morgan fingerprint density at radius 2 is 2.30 bits per heavy atom. The molecule has 0 radical (unpaired) electrons. The van der Waals surface area contributed by atoms with Gasteiger partial charge in [0.15, 0.2) is 5.13 Å². The molecule has 20 heavy (non-hydrogen) atoms. The molecule has 1 saturated heterocycles. The molecular weight excluding hydrogens is 290 g/mol. The van der Waals surface area contributed by atoms with E-state index in [4.69, 9.17) is 9.72 Å². The second-order valence-corrected chi connectivity index (χ2v) is 7.40. The maximum atomic E-state index is 5.29. The molecule has 1 unspecified atom stereocenters. The number of hydrogen-bond donors (Lipinski definition) is 1. The summed E-state index contributed by atoms with van der Waals surface area (Å²) in [5, 5.41) is 5.31. The van der Waals surface area contributed by atoms with Crippen molar-refractivity contribution in [2.75, 3.05) is 37.4 Å². The average Bonchev–Trinajstić information content (AvgIpc) is 2.89. The number of thiazole rings is 1. The number of anilines is 1. The minimum Gasteiger partial charge on any atom is -0.378 e. The summed E-state index contributed by atoms with van der Waals surface area (Å²) in [5.74, 6) is 1.21. The first-order valence-electron chi connectivity index (χ1n) is 7.33. The minimum absolute atomic E-state index is 0.608. The highest BCUT2D eigenvalue weighted by Gasteiger charge is 2.22. The van der Waals surface area contributed by atoms with Gasteiger partial charge in [-0.2, -0.15) is 11.8 Å². The highest BCUT2D eigenvalue weighted by Crippen LogP contribution is 2.31. The topological polar surface area (TPSA) is 37.4 Å². The van der Waals surface area contributed by atoms with Gasteiger partial charge in [-0.25, -0.2) is 4.98 Å². The minimum atomic E-state index is 0.608. The number of nitrogens with one attached hydrogen (secondary N) is 1. The lowest BCUT2D eigenvalue weighted by molar-refractivity contribution is 0.181. The Hall–Kier alpha value is -0.300. The lowest BCUT2D eigenvalue weighted by Gasteiger charge is -2.31. The molecule has 1 N–H and O–H groups in total. The van der Waals surface area contributed by atoms with E-state index in [9.17, 15) is 0 Å². The quantitative estimate of drug-likeness (QED) is 0.837. The van der Waals surface area contributed by atoms with Gasteiger partial charge in [0.1, 0.15) is 0 Å². The normalized spacial score (nSPS) is 19.6. The number of methoxy groups -OCH3 is 1. The van der Waals surface area contributed by atoms with Crippen LogP contribution in [0.4, 0.5) is 5.13 Å². The molecule has 2 rings (SSSR count). The van der Waals surface area contributed by atoms with Gasteiger partial charge in [-0.15, -0.1) is 11.3 Å². The highest BCUT2D eigenvalue weighted by molar-refractivity contribution is 8.00. The molecule has 6 heteroatoms. The Morgan fingerprint density at radius 3 is 3.00 bits per heavy atom. The number of nitrogens with zero attached hydrogens (tertiary/aromatic N) is 2. The molecule has 0 aliphatic carbocycles. The van der Waals surface area contributed by atoms with Crippen molar-refractivity contribution in [3.05, 3.63) is 10.6 Å². The van der Waals surface area contributed by atoms with Crippen molar-refractivity contribution in [3.63, 3.8) is 0 Å². The maximum absolute atomic E-state index is 5.29. The smallest absolute Gasteiger partial charge is 0.185 e. The molecule has 0 bridgehead atoms. The van der Waals surface area contributed by atoms with Crippen LogP contribution < -0.4 is 10.2 Å². The van der Waals surface area contributed by atoms with Crippen molar-refractivity contribution in [3.8, 4) is 0 Å². The third kappa shape index (κ3) is 4.10. The van der Waals surface area contributed by atoms with E-state index in [1.807, 2.05) is 11.3 Å². The van der Waals surface area contributed by atoms with Crippen LogP contribution in [0.1, 0.15) is 30.8 Å². The van der Waals surface area contributed by atoms with E-state index in [0.717, 1.165) is 37.1 Å². The fourth-order valence-electron chi connectivity index (χ4n) is 2.27. The molecule has 1 atom stereocenters. The molecule has 114 valence electrons. The van der Waals surface area contributed by atoms with E-state index in [0.29, 0.717) is 6.61 Å². The molecule has 1 aromatic rings. The first-order chi connectivity index (χ1) is 9.78. The van der Waals surface area contributed by atoms with E-state index >= 15 is 0 Å². The van der Waals surface area contributed by atoms with Crippen LogP contribution >= 0.6 is 23.1 Å². The average molecular weight is 316 g/mol. The summed E-state index contributed by atoms with van der Waals surface area (Å²) in [6.45, 7) is 9.13. The van der Waals surface area contributed by atoms with E-state index in [1.54, 1.807) is 7.11 Å². The fraction of sp³-hybridized carbons (Fsp3) is 0.786. The molecule has 0 spiro atoms. The molecule has 0 saturated carbocycles. The third-order valence-electron chi connectivity index (χ3n) is 3.45. The van der Waals surface area contributed by atoms with Crippen molar-refractivity contribution in [2.45, 2.75) is 38.7 Å². The number of hydrogen-bond acceptors (Lipinski definition) is 6. The molecule has 0 aromatic carbocycles. The van der Waals surface area contributed by atoms with Gasteiger partial charge in [-0.1, -0.05) is 13.8 Å². The van der Waals surface area contributed by atoms with Crippen LogP contribution in [0.2, 0.25) is 0 Å². The van der Waals surface area contributed by atoms with Crippen LogP contribution in [0.5, 0.6) is 0 Å². The summed E-state index contributed by atoms with van der Waals surface area (Å²) in [7, 11) is 1.74. The van der Waals surface area contributed by atoms with Crippen molar-refractivity contribution in [1.29, 1.82) is 0 Å². The van der Waals surface area contributed by atoms with Crippen molar-refractivity contribution >= 4 is 28.2 Å². The number of ether oxygens (including phenoxy) is 1. The van der Waals surface area contributed by atoms with Gasteiger partial charge in [0.2, 0.25) is 0 Å². The Labute approximate surface area is 130 Å². The molecule has 1 aliphatic rings. The van der Waals surface area contributed by atoms with Crippen molar-refractivity contribution < 1.29 is 4.74 Å². The van der Waals surface area contributed by atoms with Gasteiger partial charge in [-0.05, 0) is 13.0 Å². The lowest BCUT2D eigenvalue weighted by atomic mass is 10.3. The Balaban J connectivity index is 2.10. The van der Waals surface area contributed by atoms with Crippen LogP contribution in [0, 0.1) is 0 Å². The van der Waals surface area contributed by atoms with Crippen LogP contribution in [0.25, 0.3) is 0 Å². The van der Waals surface area contributed by atoms with E-state index in [2.05, 4.69) is 35.8 Å². The predicted octanol–water partition coefficient (Wildman–Crippen LogP) is 2.73. The van der Waals surface area contributed by atoms with Gasteiger partial charge >= 0.3 is 0 Å². The zero-order valence-electron chi connectivity index (χ0n) is 12.6. The van der Waals surface area contributed by atoms with Gasteiger partial charge in [0.05, 0.1) is 12.3 Å². The molecule has 2 heterocycles. The van der Waals surface area contributed by atoms with Crippen LogP contribution in [0.3, 0.4) is 0 Å². The number of rotatable bonds is 7. The van der Waals surface area contributed by atoms with E-state index in [1.165, 1.54) is 22.2 Å².